The van der Waals surface area contributed by atoms with E-state index in [0.717, 1.165) is 11.4 Å². The van der Waals surface area contributed by atoms with Crippen LogP contribution in [0.5, 0.6) is 0 Å². The highest BCUT2D eigenvalue weighted by Gasteiger charge is 1.96. The van der Waals surface area contributed by atoms with Crippen LogP contribution in [-0.4, -0.2) is 6.04 Å². The fourth-order valence-electron chi connectivity index (χ4n) is 0.992. The summed E-state index contributed by atoms with van der Waals surface area (Å²) in [4.78, 5) is 0. The molecule has 1 aromatic carbocycles. The first kappa shape index (κ1) is 15.5. The van der Waals surface area contributed by atoms with Gasteiger partial charge in [0.15, 0.2) is 0 Å². The van der Waals surface area contributed by atoms with Gasteiger partial charge in [0.25, 0.3) is 0 Å². The van der Waals surface area contributed by atoms with Crippen LogP contribution in [0.25, 0.3) is 0 Å². The molecule has 0 saturated heterocycles. The predicted octanol–water partition coefficient (Wildman–Crippen LogP) is 3.07. The average molecular weight is 243 g/mol. The Balaban J connectivity index is 0. The van der Waals surface area contributed by atoms with E-state index >= 15 is 0 Å². The molecule has 0 saturated carbocycles. The van der Waals surface area contributed by atoms with Crippen molar-refractivity contribution in [2.75, 3.05) is 0 Å². The Morgan fingerprint density at radius 1 is 1.23 bits per heavy atom. The molecule has 13 heavy (non-hydrogen) atoms. The number of nitrogens with two attached hydrogens (primary N) is 1. The van der Waals surface area contributed by atoms with Gasteiger partial charge in [-0.3, -0.25) is 0 Å². The minimum Gasteiger partial charge on any atom is -0.328 e. The molecule has 0 amide bonds. The SMILES string of the molecule is CC(N)Cc1ccc(Cl)cc1.Cl.Cl. The molecule has 0 aliphatic rings. The largest absolute Gasteiger partial charge is 0.328 e. The first-order valence-electron chi connectivity index (χ1n) is 3.68. The molecule has 0 heterocycles. The summed E-state index contributed by atoms with van der Waals surface area (Å²) in [7, 11) is 0. The minimum absolute atomic E-state index is 0. The molecule has 2 N–H and O–H groups in total. The molecule has 1 nitrogen and oxygen atoms in total. The number of rotatable bonds is 2. The van der Waals surface area contributed by atoms with E-state index in [1.54, 1.807) is 0 Å². The van der Waals surface area contributed by atoms with Gasteiger partial charge in [-0.15, -0.1) is 24.8 Å². The first-order chi connectivity index (χ1) is 5.18. The van der Waals surface area contributed by atoms with Crippen LogP contribution in [0.2, 0.25) is 5.02 Å². The summed E-state index contributed by atoms with van der Waals surface area (Å²) in [6.45, 7) is 1.99. The van der Waals surface area contributed by atoms with Gasteiger partial charge in [-0.25, -0.2) is 0 Å². The van der Waals surface area contributed by atoms with Crippen LogP contribution in [-0.2, 0) is 6.42 Å². The number of hydrogen-bond donors (Lipinski definition) is 1. The second-order valence-electron chi connectivity index (χ2n) is 2.81. The van der Waals surface area contributed by atoms with Crippen LogP contribution < -0.4 is 5.73 Å². The first-order valence-corrected chi connectivity index (χ1v) is 4.06. The van der Waals surface area contributed by atoms with E-state index in [1.165, 1.54) is 5.56 Å². The van der Waals surface area contributed by atoms with Crippen molar-refractivity contribution in [3.8, 4) is 0 Å². The summed E-state index contributed by atoms with van der Waals surface area (Å²) in [6.07, 6.45) is 0.914. The van der Waals surface area contributed by atoms with Crippen molar-refractivity contribution in [3.63, 3.8) is 0 Å². The molecule has 1 rings (SSSR count). The summed E-state index contributed by atoms with van der Waals surface area (Å²) in [5, 5.41) is 0.776. The number of hydrogen-bond acceptors (Lipinski definition) is 1. The zero-order chi connectivity index (χ0) is 8.27. The van der Waals surface area contributed by atoms with E-state index in [-0.39, 0.29) is 30.9 Å². The van der Waals surface area contributed by atoms with Gasteiger partial charge in [-0.1, -0.05) is 23.7 Å². The lowest BCUT2D eigenvalue weighted by Crippen LogP contribution is -2.17. The standard InChI is InChI=1S/C9H12ClN.2ClH/c1-7(11)6-8-2-4-9(10)5-3-8;;/h2-5,7H,6,11H2,1H3;2*1H. The summed E-state index contributed by atoms with van der Waals surface area (Å²) >= 11 is 5.72. The molecule has 0 aliphatic heterocycles. The third kappa shape index (κ3) is 6.17. The van der Waals surface area contributed by atoms with Crippen molar-refractivity contribution in [3.05, 3.63) is 34.9 Å². The summed E-state index contributed by atoms with van der Waals surface area (Å²) < 4.78 is 0. The summed E-state index contributed by atoms with van der Waals surface area (Å²) in [6, 6.07) is 8.01. The third-order valence-corrected chi connectivity index (χ3v) is 1.72. The number of halogens is 3. The van der Waals surface area contributed by atoms with Crippen LogP contribution in [0.15, 0.2) is 24.3 Å². The molecule has 0 radical (unpaired) electrons. The molecule has 0 spiro atoms. The van der Waals surface area contributed by atoms with Gasteiger partial charge in [0, 0.05) is 11.1 Å². The fourth-order valence-corrected chi connectivity index (χ4v) is 1.12. The molecular weight excluding hydrogens is 228 g/mol. The Hall–Kier alpha value is 0.0500. The molecular formula is C9H14Cl3N. The Labute approximate surface area is 96.5 Å². The highest BCUT2D eigenvalue weighted by atomic mass is 35.5. The normalized spacial score (nSPS) is 11.0. The van der Waals surface area contributed by atoms with Gasteiger partial charge in [0.1, 0.15) is 0 Å². The van der Waals surface area contributed by atoms with Crippen LogP contribution >= 0.6 is 36.4 Å². The Morgan fingerprint density at radius 3 is 2.08 bits per heavy atom. The number of benzene rings is 1. The lowest BCUT2D eigenvalue weighted by atomic mass is 10.1. The van der Waals surface area contributed by atoms with Gasteiger partial charge in [-0.05, 0) is 31.0 Å². The van der Waals surface area contributed by atoms with Crippen molar-refractivity contribution in [2.45, 2.75) is 19.4 Å². The lowest BCUT2D eigenvalue weighted by Gasteiger charge is -2.03. The molecule has 0 fully saturated rings. The van der Waals surface area contributed by atoms with Crippen molar-refractivity contribution in [2.24, 2.45) is 5.73 Å². The predicted molar refractivity (Wildman–Crippen MR) is 63.3 cm³/mol. The van der Waals surface area contributed by atoms with Crippen LogP contribution in [0, 0.1) is 0 Å². The Kier molecular flexibility index (Phi) is 8.90. The van der Waals surface area contributed by atoms with Crippen molar-refractivity contribution >= 4 is 36.4 Å². The van der Waals surface area contributed by atoms with E-state index in [0.29, 0.717) is 0 Å². The highest BCUT2D eigenvalue weighted by molar-refractivity contribution is 6.30. The molecule has 76 valence electrons. The fraction of sp³-hybridized carbons (Fsp3) is 0.333. The molecule has 1 unspecified atom stereocenters. The minimum atomic E-state index is 0. The van der Waals surface area contributed by atoms with Gasteiger partial charge in [0.2, 0.25) is 0 Å². The maximum absolute atomic E-state index is 5.72. The highest BCUT2D eigenvalue weighted by Crippen LogP contribution is 2.10. The molecule has 0 aromatic heterocycles. The van der Waals surface area contributed by atoms with E-state index in [9.17, 15) is 0 Å². The monoisotopic (exact) mass is 241 g/mol. The topological polar surface area (TPSA) is 26.0 Å². The maximum atomic E-state index is 5.72. The van der Waals surface area contributed by atoms with E-state index in [4.69, 9.17) is 17.3 Å². The van der Waals surface area contributed by atoms with Crippen LogP contribution in [0.4, 0.5) is 0 Å². The molecule has 0 bridgehead atoms. The quantitative estimate of drug-likeness (QED) is 0.847. The lowest BCUT2D eigenvalue weighted by molar-refractivity contribution is 0.738. The van der Waals surface area contributed by atoms with Crippen molar-refractivity contribution < 1.29 is 0 Å². The van der Waals surface area contributed by atoms with Crippen molar-refractivity contribution in [1.29, 1.82) is 0 Å². The summed E-state index contributed by atoms with van der Waals surface area (Å²) in [5.41, 5.74) is 6.87. The van der Waals surface area contributed by atoms with Crippen LogP contribution in [0.1, 0.15) is 12.5 Å². The Bertz CT molecular complexity index is 221. The van der Waals surface area contributed by atoms with E-state index < -0.39 is 0 Å². The zero-order valence-electron chi connectivity index (χ0n) is 7.37. The smallest absolute Gasteiger partial charge is 0.0406 e. The Morgan fingerprint density at radius 2 is 1.69 bits per heavy atom. The van der Waals surface area contributed by atoms with E-state index in [2.05, 4.69) is 0 Å². The average Bonchev–Trinajstić information content (AvgIpc) is 1.93. The van der Waals surface area contributed by atoms with Crippen LogP contribution in [0.3, 0.4) is 0 Å². The molecule has 1 aromatic rings. The van der Waals surface area contributed by atoms with Gasteiger partial charge >= 0.3 is 0 Å². The molecule has 4 heteroatoms. The zero-order valence-corrected chi connectivity index (χ0v) is 9.75. The van der Waals surface area contributed by atoms with Gasteiger partial charge in [0.05, 0.1) is 0 Å². The molecule has 0 aliphatic carbocycles. The van der Waals surface area contributed by atoms with E-state index in [1.807, 2.05) is 31.2 Å². The third-order valence-electron chi connectivity index (χ3n) is 1.47. The van der Waals surface area contributed by atoms with Crippen molar-refractivity contribution in [1.82, 2.24) is 0 Å². The molecule has 1 atom stereocenters. The maximum Gasteiger partial charge on any atom is 0.0406 e. The second-order valence-corrected chi connectivity index (χ2v) is 3.24. The van der Waals surface area contributed by atoms with Gasteiger partial charge in [-0.2, -0.15) is 0 Å². The second kappa shape index (κ2) is 7.45. The van der Waals surface area contributed by atoms with Gasteiger partial charge < -0.3 is 5.73 Å². The summed E-state index contributed by atoms with van der Waals surface area (Å²) in [5.74, 6) is 0.